The number of ether oxygens (including phenoxy) is 2. The molecule has 0 saturated carbocycles. The summed E-state index contributed by atoms with van der Waals surface area (Å²) in [4.78, 5) is 12.1. The van der Waals surface area contributed by atoms with Crippen LogP contribution in [0.25, 0.3) is 0 Å². The Labute approximate surface area is 130 Å². The summed E-state index contributed by atoms with van der Waals surface area (Å²) < 4.78 is 10.6. The van der Waals surface area contributed by atoms with Crippen molar-refractivity contribution in [1.29, 1.82) is 0 Å². The van der Waals surface area contributed by atoms with Crippen LogP contribution in [-0.4, -0.2) is 20.3 Å². The number of urea groups is 1. The molecule has 2 aromatic carbocycles. The van der Waals surface area contributed by atoms with Gasteiger partial charge in [-0.25, -0.2) is 4.79 Å². The van der Waals surface area contributed by atoms with Gasteiger partial charge in [0, 0.05) is 11.3 Å². The van der Waals surface area contributed by atoms with Crippen molar-refractivity contribution in [2.24, 2.45) is 0 Å². The van der Waals surface area contributed by atoms with E-state index in [0.717, 1.165) is 11.3 Å². The van der Waals surface area contributed by atoms with Crippen LogP contribution in [0.15, 0.2) is 48.5 Å². The first-order chi connectivity index (χ1) is 10.6. The molecule has 0 unspecified atom stereocenters. The van der Waals surface area contributed by atoms with Gasteiger partial charge < -0.3 is 20.1 Å². The van der Waals surface area contributed by atoms with Crippen molar-refractivity contribution in [3.8, 4) is 11.5 Å². The fourth-order valence-electron chi connectivity index (χ4n) is 2.14. The van der Waals surface area contributed by atoms with E-state index in [9.17, 15) is 4.79 Å². The maximum absolute atomic E-state index is 12.1. The van der Waals surface area contributed by atoms with Crippen LogP contribution in [0.4, 0.5) is 10.5 Å². The third-order valence-electron chi connectivity index (χ3n) is 3.28. The van der Waals surface area contributed by atoms with Gasteiger partial charge in [0.25, 0.3) is 0 Å². The van der Waals surface area contributed by atoms with Crippen molar-refractivity contribution < 1.29 is 14.3 Å². The van der Waals surface area contributed by atoms with Crippen LogP contribution in [0.1, 0.15) is 18.5 Å². The molecule has 2 N–H and O–H groups in total. The highest BCUT2D eigenvalue weighted by Gasteiger charge is 2.15. The van der Waals surface area contributed by atoms with Crippen molar-refractivity contribution in [2.45, 2.75) is 13.0 Å². The summed E-state index contributed by atoms with van der Waals surface area (Å²) in [6.07, 6.45) is 0. The third kappa shape index (κ3) is 3.91. The van der Waals surface area contributed by atoms with Crippen molar-refractivity contribution in [3.05, 3.63) is 54.1 Å². The summed E-state index contributed by atoms with van der Waals surface area (Å²) >= 11 is 0. The summed E-state index contributed by atoms with van der Waals surface area (Å²) in [5.74, 6) is 1.42. The lowest BCUT2D eigenvalue weighted by molar-refractivity contribution is 0.249. The zero-order valence-electron chi connectivity index (χ0n) is 12.9. The number of nitrogens with one attached hydrogen (secondary N) is 2. The Balaban J connectivity index is 2.08. The highest BCUT2D eigenvalue weighted by molar-refractivity contribution is 5.89. The summed E-state index contributed by atoms with van der Waals surface area (Å²) in [6.45, 7) is 1.89. The van der Waals surface area contributed by atoms with Crippen molar-refractivity contribution in [2.75, 3.05) is 19.5 Å². The third-order valence-corrected chi connectivity index (χ3v) is 3.28. The molecule has 0 heterocycles. The second-order valence-electron chi connectivity index (χ2n) is 4.79. The Morgan fingerprint density at radius 1 is 1.05 bits per heavy atom. The first kappa shape index (κ1) is 15.7. The minimum atomic E-state index is -0.274. The Bertz CT molecular complexity index is 629. The van der Waals surface area contributed by atoms with Crippen LogP contribution in [0.5, 0.6) is 11.5 Å². The summed E-state index contributed by atoms with van der Waals surface area (Å²) in [7, 11) is 3.20. The lowest BCUT2D eigenvalue weighted by Gasteiger charge is -2.18. The Morgan fingerprint density at radius 2 is 1.77 bits per heavy atom. The molecular formula is C17H20N2O3. The summed E-state index contributed by atoms with van der Waals surface area (Å²) in [6, 6.07) is 14.3. The van der Waals surface area contributed by atoms with E-state index in [1.54, 1.807) is 14.2 Å². The van der Waals surface area contributed by atoms with Gasteiger partial charge in [-0.2, -0.15) is 0 Å². The van der Waals surface area contributed by atoms with Gasteiger partial charge in [-0.1, -0.05) is 18.2 Å². The van der Waals surface area contributed by atoms with E-state index in [1.807, 2.05) is 55.5 Å². The van der Waals surface area contributed by atoms with Gasteiger partial charge in [-0.15, -0.1) is 0 Å². The molecule has 5 heteroatoms. The maximum atomic E-state index is 12.1. The van der Waals surface area contributed by atoms with Crippen LogP contribution in [0.3, 0.4) is 0 Å². The second kappa shape index (κ2) is 7.36. The smallest absolute Gasteiger partial charge is 0.319 e. The molecule has 0 bridgehead atoms. The van der Waals surface area contributed by atoms with Gasteiger partial charge in [-0.3, -0.25) is 0 Å². The van der Waals surface area contributed by atoms with Gasteiger partial charge in [0.15, 0.2) is 0 Å². The molecule has 0 radical (unpaired) electrons. The van der Waals surface area contributed by atoms with Crippen molar-refractivity contribution in [1.82, 2.24) is 5.32 Å². The van der Waals surface area contributed by atoms with Crippen molar-refractivity contribution >= 4 is 11.7 Å². The number of carbonyl (C=O) groups is 1. The Kier molecular flexibility index (Phi) is 5.25. The number of carbonyl (C=O) groups excluding carboxylic acids is 1. The normalized spacial score (nSPS) is 11.4. The number of benzene rings is 2. The first-order valence-electron chi connectivity index (χ1n) is 6.98. The minimum Gasteiger partial charge on any atom is -0.497 e. The minimum absolute atomic E-state index is 0.228. The molecule has 1 atom stereocenters. The average molecular weight is 300 g/mol. The predicted molar refractivity (Wildman–Crippen MR) is 86.6 cm³/mol. The van der Waals surface area contributed by atoms with Gasteiger partial charge in [0.05, 0.1) is 20.3 Å². The molecule has 0 aliphatic heterocycles. The van der Waals surface area contributed by atoms with Crippen LogP contribution in [-0.2, 0) is 0 Å². The number of amides is 2. The SMILES string of the molecule is COc1ccc(OC)c([C@H](C)NC(=O)Nc2ccccc2)c1. The monoisotopic (exact) mass is 300 g/mol. The van der Waals surface area contributed by atoms with Crippen LogP contribution >= 0.6 is 0 Å². The molecule has 0 aliphatic rings. The zero-order valence-corrected chi connectivity index (χ0v) is 12.9. The molecule has 0 spiro atoms. The number of anilines is 1. The average Bonchev–Trinajstić information content (AvgIpc) is 2.54. The molecule has 2 aromatic rings. The Hall–Kier alpha value is -2.69. The quantitative estimate of drug-likeness (QED) is 0.887. The molecule has 0 fully saturated rings. The lowest BCUT2D eigenvalue weighted by atomic mass is 10.1. The molecule has 2 rings (SSSR count). The molecule has 2 amide bonds. The topological polar surface area (TPSA) is 59.6 Å². The van der Waals surface area contributed by atoms with Gasteiger partial charge in [0.1, 0.15) is 11.5 Å². The number of methoxy groups -OCH3 is 2. The van der Waals surface area contributed by atoms with Crippen LogP contribution in [0.2, 0.25) is 0 Å². The Morgan fingerprint density at radius 3 is 2.41 bits per heavy atom. The van der Waals surface area contributed by atoms with E-state index in [1.165, 1.54) is 0 Å². The largest absolute Gasteiger partial charge is 0.497 e. The predicted octanol–water partition coefficient (Wildman–Crippen LogP) is 3.59. The number of rotatable bonds is 5. The van der Waals surface area contributed by atoms with Gasteiger partial charge >= 0.3 is 6.03 Å². The highest BCUT2D eigenvalue weighted by Crippen LogP contribution is 2.29. The summed E-state index contributed by atoms with van der Waals surface area (Å²) in [5, 5.41) is 5.67. The van der Waals surface area contributed by atoms with E-state index >= 15 is 0 Å². The number of para-hydroxylation sites is 1. The zero-order chi connectivity index (χ0) is 15.9. The van der Waals surface area contributed by atoms with Crippen LogP contribution in [0, 0.1) is 0 Å². The van der Waals surface area contributed by atoms with Gasteiger partial charge in [0.2, 0.25) is 0 Å². The summed E-state index contributed by atoms with van der Waals surface area (Å²) in [5.41, 5.74) is 1.59. The molecule has 0 saturated heterocycles. The second-order valence-corrected chi connectivity index (χ2v) is 4.79. The molecule has 116 valence electrons. The lowest BCUT2D eigenvalue weighted by Crippen LogP contribution is -2.31. The maximum Gasteiger partial charge on any atom is 0.319 e. The van der Waals surface area contributed by atoms with E-state index in [-0.39, 0.29) is 12.1 Å². The first-order valence-corrected chi connectivity index (χ1v) is 6.98. The van der Waals surface area contributed by atoms with E-state index < -0.39 is 0 Å². The van der Waals surface area contributed by atoms with Crippen molar-refractivity contribution in [3.63, 3.8) is 0 Å². The number of hydrogen-bond donors (Lipinski definition) is 2. The number of hydrogen-bond acceptors (Lipinski definition) is 3. The highest BCUT2D eigenvalue weighted by atomic mass is 16.5. The van der Waals surface area contributed by atoms with E-state index in [4.69, 9.17) is 9.47 Å². The van der Waals surface area contributed by atoms with Crippen LogP contribution < -0.4 is 20.1 Å². The standard InChI is InChI=1S/C17H20N2O3/c1-12(15-11-14(21-2)9-10-16(15)22-3)18-17(20)19-13-7-5-4-6-8-13/h4-12H,1-3H3,(H2,18,19,20)/t12-/m0/s1. The van der Waals surface area contributed by atoms with Gasteiger partial charge in [-0.05, 0) is 37.3 Å². The fourth-order valence-corrected chi connectivity index (χ4v) is 2.14. The molecule has 0 aliphatic carbocycles. The molecule has 0 aromatic heterocycles. The molecule has 5 nitrogen and oxygen atoms in total. The van der Waals surface area contributed by atoms with E-state index in [2.05, 4.69) is 10.6 Å². The molecular weight excluding hydrogens is 280 g/mol. The molecule has 22 heavy (non-hydrogen) atoms. The fraction of sp³-hybridized carbons (Fsp3) is 0.235. The van der Waals surface area contributed by atoms with E-state index in [0.29, 0.717) is 11.5 Å².